The van der Waals surface area contributed by atoms with E-state index in [2.05, 4.69) is 40.5 Å². The Morgan fingerprint density at radius 2 is 2.16 bits per heavy atom. The second-order valence-corrected chi connectivity index (χ2v) is 6.83. The van der Waals surface area contributed by atoms with E-state index in [1.807, 2.05) is 0 Å². The van der Waals surface area contributed by atoms with Gasteiger partial charge in [-0.2, -0.15) is 0 Å². The molecule has 1 aliphatic rings. The molecule has 0 radical (unpaired) electrons. The van der Waals surface area contributed by atoms with Crippen LogP contribution in [0.2, 0.25) is 0 Å². The Balaban J connectivity index is 1.87. The van der Waals surface area contributed by atoms with Crippen LogP contribution in [0.15, 0.2) is 30.3 Å². The third kappa shape index (κ3) is 5.43. The second-order valence-electron chi connectivity index (χ2n) is 5.27. The topological polar surface area (TPSA) is 32.3 Å². The number of hydrogen-bond acceptors (Lipinski definition) is 3. The van der Waals surface area contributed by atoms with E-state index in [0.29, 0.717) is 6.04 Å². The average molecular weight is 280 g/mol. The molecule has 1 N–H and O–H groups in total. The van der Waals surface area contributed by atoms with Crippen LogP contribution in [0.4, 0.5) is 0 Å². The lowest BCUT2D eigenvalue weighted by Gasteiger charge is -2.24. The molecule has 1 aromatic rings. The minimum atomic E-state index is -0.684. The fourth-order valence-corrected chi connectivity index (χ4v) is 3.09. The molecular formula is C15H24N2OS. The molecule has 19 heavy (non-hydrogen) atoms. The number of benzene rings is 1. The van der Waals surface area contributed by atoms with Crippen molar-refractivity contribution in [3.8, 4) is 0 Å². The van der Waals surface area contributed by atoms with Crippen molar-refractivity contribution in [2.75, 3.05) is 38.2 Å². The summed E-state index contributed by atoms with van der Waals surface area (Å²) in [5.74, 6) is 0.790. The van der Waals surface area contributed by atoms with Crippen molar-refractivity contribution in [2.24, 2.45) is 0 Å². The zero-order valence-corrected chi connectivity index (χ0v) is 12.5. The normalized spacial score (nSPS) is 22.9. The van der Waals surface area contributed by atoms with Crippen molar-refractivity contribution < 1.29 is 4.21 Å². The molecule has 1 aliphatic heterocycles. The summed E-state index contributed by atoms with van der Waals surface area (Å²) in [6.45, 7) is 4.22. The fourth-order valence-electron chi connectivity index (χ4n) is 2.57. The van der Waals surface area contributed by atoms with Crippen LogP contribution in [0.1, 0.15) is 12.0 Å². The number of rotatable bonds is 5. The molecular weight excluding hydrogens is 256 g/mol. The highest BCUT2D eigenvalue weighted by Gasteiger charge is 2.17. The first kappa shape index (κ1) is 14.7. The highest BCUT2D eigenvalue weighted by Crippen LogP contribution is 2.08. The summed E-state index contributed by atoms with van der Waals surface area (Å²) < 4.78 is 11.2. The SMILES string of the molecule is CS(=O)CCN1CCCNC(Cc2ccccc2)C1. The van der Waals surface area contributed by atoms with Crippen molar-refractivity contribution in [1.82, 2.24) is 10.2 Å². The minimum Gasteiger partial charge on any atom is -0.312 e. The van der Waals surface area contributed by atoms with Gasteiger partial charge in [-0.1, -0.05) is 30.3 Å². The summed E-state index contributed by atoms with van der Waals surface area (Å²) in [6, 6.07) is 11.2. The molecule has 1 heterocycles. The smallest absolute Gasteiger partial charge is 0.0359 e. The maximum atomic E-state index is 11.2. The standard InChI is InChI=1S/C15H24N2OS/c1-19(18)11-10-17-9-5-8-16-15(13-17)12-14-6-3-2-4-7-14/h2-4,6-7,15-16H,5,8-13H2,1H3. The van der Waals surface area contributed by atoms with Crippen LogP contribution >= 0.6 is 0 Å². The van der Waals surface area contributed by atoms with Crippen molar-refractivity contribution in [2.45, 2.75) is 18.9 Å². The minimum absolute atomic E-state index is 0.509. The Morgan fingerprint density at radius 3 is 2.89 bits per heavy atom. The van der Waals surface area contributed by atoms with E-state index in [1.54, 1.807) is 6.26 Å². The first-order valence-corrected chi connectivity index (χ1v) is 8.76. The lowest BCUT2D eigenvalue weighted by Crippen LogP contribution is -2.40. The molecule has 0 aliphatic carbocycles. The van der Waals surface area contributed by atoms with Crippen LogP contribution in [-0.4, -0.2) is 53.3 Å². The lowest BCUT2D eigenvalue weighted by atomic mass is 10.1. The molecule has 0 aromatic heterocycles. The molecule has 2 rings (SSSR count). The molecule has 1 saturated heterocycles. The maximum absolute atomic E-state index is 11.2. The van der Waals surface area contributed by atoms with Gasteiger partial charge in [0.05, 0.1) is 0 Å². The summed E-state index contributed by atoms with van der Waals surface area (Å²) in [6.07, 6.45) is 4.05. The van der Waals surface area contributed by atoms with Crippen LogP contribution in [0.25, 0.3) is 0 Å². The van der Waals surface area contributed by atoms with Gasteiger partial charge in [0, 0.05) is 41.9 Å². The molecule has 0 saturated carbocycles. The third-order valence-corrected chi connectivity index (χ3v) is 4.34. The first-order valence-electron chi connectivity index (χ1n) is 7.04. The third-order valence-electron chi connectivity index (χ3n) is 3.58. The van der Waals surface area contributed by atoms with Gasteiger partial charge in [-0.25, -0.2) is 0 Å². The van der Waals surface area contributed by atoms with Gasteiger partial charge in [-0.3, -0.25) is 4.21 Å². The van der Waals surface area contributed by atoms with Crippen molar-refractivity contribution >= 4 is 10.8 Å². The average Bonchev–Trinajstić information content (AvgIpc) is 2.63. The van der Waals surface area contributed by atoms with Crippen LogP contribution in [0.3, 0.4) is 0 Å². The monoisotopic (exact) mass is 280 g/mol. The number of hydrogen-bond donors (Lipinski definition) is 1. The van der Waals surface area contributed by atoms with Gasteiger partial charge in [0.1, 0.15) is 0 Å². The molecule has 0 spiro atoms. The summed E-state index contributed by atoms with van der Waals surface area (Å²) >= 11 is 0. The zero-order chi connectivity index (χ0) is 13.5. The molecule has 1 aromatic carbocycles. The highest BCUT2D eigenvalue weighted by molar-refractivity contribution is 7.84. The van der Waals surface area contributed by atoms with Gasteiger partial charge < -0.3 is 10.2 Å². The van der Waals surface area contributed by atoms with Crippen molar-refractivity contribution in [1.29, 1.82) is 0 Å². The van der Waals surface area contributed by atoms with Gasteiger partial charge in [-0.15, -0.1) is 0 Å². The Labute approximate surface area is 118 Å². The molecule has 2 atom stereocenters. The van der Waals surface area contributed by atoms with Gasteiger partial charge in [0.25, 0.3) is 0 Å². The molecule has 1 fully saturated rings. The van der Waals surface area contributed by atoms with E-state index in [9.17, 15) is 4.21 Å². The molecule has 106 valence electrons. The predicted molar refractivity (Wildman–Crippen MR) is 81.9 cm³/mol. The quantitative estimate of drug-likeness (QED) is 0.881. The van der Waals surface area contributed by atoms with E-state index >= 15 is 0 Å². The predicted octanol–water partition coefficient (Wildman–Crippen LogP) is 1.27. The van der Waals surface area contributed by atoms with E-state index in [-0.39, 0.29) is 0 Å². The Hall–Kier alpha value is -0.710. The second kappa shape index (κ2) is 7.78. The van der Waals surface area contributed by atoms with Crippen LogP contribution < -0.4 is 5.32 Å². The van der Waals surface area contributed by atoms with Crippen LogP contribution in [-0.2, 0) is 17.2 Å². The Kier molecular flexibility index (Phi) is 6.01. The Bertz CT molecular complexity index is 396. The highest BCUT2D eigenvalue weighted by atomic mass is 32.2. The van der Waals surface area contributed by atoms with Gasteiger partial charge >= 0.3 is 0 Å². The summed E-state index contributed by atoms with van der Waals surface area (Å²) in [7, 11) is -0.684. The van der Waals surface area contributed by atoms with Gasteiger partial charge in [-0.05, 0) is 31.5 Å². The molecule has 3 nitrogen and oxygen atoms in total. The van der Waals surface area contributed by atoms with E-state index in [1.165, 1.54) is 12.0 Å². The van der Waals surface area contributed by atoms with Crippen LogP contribution in [0.5, 0.6) is 0 Å². The van der Waals surface area contributed by atoms with E-state index in [4.69, 9.17) is 0 Å². The summed E-state index contributed by atoms with van der Waals surface area (Å²) in [4.78, 5) is 2.45. The van der Waals surface area contributed by atoms with E-state index in [0.717, 1.165) is 38.4 Å². The molecule has 4 heteroatoms. The van der Waals surface area contributed by atoms with Crippen molar-refractivity contribution in [3.05, 3.63) is 35.9 Å². The summed E-state index contributed by atoms with van der Waals surface area (Å²) in [5, 5.41) is 3.63. The zero-order valence-electron chi connectivity index (χ0n) is 11.7. The number of nitrogens with one attached hydrogen (secondary N) is 1. The summed E-state index contributed by atoms with van der Waals surface area (Å²) in [5.41, 5.74) is 1.39. The lowest BCUT2D eigenvalue weighted by molar-refractivity contribution is 0.282. The van der Waals surface area contributed by atoms with E-state index < -0.39 is 10.8 Å². The maximum Gasteiger partial charge on any atom is 0.0359 e. The van der Waals surface area contributed by atoms with Gasteiger partial charge in [0.2, 0.25) is 0 Å². The first-order chi connectivity index (χ1) is 9.24. The molecule has 2 unspecified atom stereocenters. The molecule has 0 bridgehead atoms. The number of nitrogens with zero attached hydrogens (tertiary/aromatic N) is 1. The molecule has 0 amide bonds. The van der Waals surface area contributed by atoms with Crippen molar-refractivity contribution in [3.63, 3.8) is 0 Å². The Morgan fingerprint density at radius 1 is 1.37 bits per heavy atom. The van der Waals surface area contributed by atoms with Gasteiger partial charge in [0.15, 0.2) is 0 Å². The fraction of sp³-hybridized carbons (Fsp3) is 0.600. The van der Waals surface area contributed by atoms with Crippen LogP contribution in [0, 0.1) is 0 Å². The largest absolute Gasteiger partial charge is 0.312 e.